The topological polar surface area (TPSA) is 105 Å². The van der Waals surface area contributed by atoms with E-state index in [0.29, 0.717) is 59.9 Å². The highest BCUT2D eigenvalue weighted by atomic mass is 16.7. The first-order valence-electron chi connectivity index (χ1n) is 20.9. The zero-order valence-corrected chi connectivity index (χ0v) is 32.2. The van der Waals surface area contributed by atoms with Gasteiger partial charge in [0.1, 0.15) is 0 Å². The highest BCUT2D eigenvalue weighted by molar-refractivity contribution is 5.92. The second-order valence-electron chi connectivity index (χ2n) is 19.3. The van der Waals surface area contributed by atoms with Crippen LogP contribution in [0, 0.1) is 57.2 Å². The summed E-state index contributed by atoms with van der Waals surface area (Å²) in [4.78, 5) is 49.5. The van der Waals surface area contributed by atoms with Gasteiger partial charge in [-0.25, -0.2) is 0 Å². The lowest BCUT2D eigenvalue weighted by Crippen LogP contribution is -2.51. The van der Waals surface area contributed by atoms with Gasteiger partial charge in [-0.1, -0.05) is 38.8 Å². The molecule has 0 aromatic carbocycles. The van der Waals surface area contributed by atoms with Crippen LogP contribution < -0.4 is 0 Å². The van der Waals surface area contributed by atoms with E-state index < -0.39 is 11.9 Å². The fourth-order valence-corrected chi connectivity index (χ4v) is 14.3. The third-order valence-corrected chi connectivity index (χ3v) is 17.3. The summed E-state index contributed by atoms with van der Waals surface area (Å²) >= 11 is 0. The van der Waals surface area contributed by atoms with Crippen molar-refractivity contribution in [1.82, 2.24) is 0 Å². The van der Waals surface area contributed by atoms with Gasteiger partial charge >= 0.3 is 11.9 Å². The fraction of sp³-hybridized carbons (Fsp3) is 0.818. The van der Waals surface area contributed by atoms with Crippen molar-refractivity contribution in [3.63, 3.8) is 0 Å². The molecule has 0 N–H and O–H groups in total. The number of rotatable bonds is 9. The smallest absolute Gasteiger partial charge is 0.308 e. The summed E-state index contributed by atoms with van der Waals surface area (Å²) in [6.45, 7) is 9.43. The number of hydrogen-bond donors (Lipinski definition) is 0. The van der Waals surface area contributed by atoms with Crippen molar-refractivity contribution in [1.29, 1.82) is 0 Å². The second kappa shape index (κ2) is 13.8. The van der Waals surface area contributed by atoms with Crippen LogP contribution in [0.2, 0.25) is 0 Å². The lowest BCUT2D eigenvalue weighted by molar-refractivity contribution is -0.178. The summed E-state index contributed by atoms with van der Waals surface area (Å²) in [6.07, 6.45) is 20.5. The Morgan fingerprint density at radius 2 is 0.981 bits per heavy atom. The number of allylic oxidation sites excluding steroid dienone is 2. The van der Waals surface area contributed by atoms with Gasteiger partial charge in [0.2, 0.25) is 0 Å². The van der Waals surface area contributed by atoms with Crippen molar-refractivity contribution >= 4 is 23.5 Å². The predicted octanol–water partition coefficient (Wildman–Crippen LogP) is 8.60. The van der Waals surface area contributed by atoms with Crippen molar-refractivity contribution in [2.75, 3.05) is 13.6 Å². The van der Waals surface area contributed by atoms with Crippen LogP contribution in [0.4, 0.5) is 0 Å². The number of carbonyl (C=O) groups excluding carboxylic acids is 4. The Morgan fingerprint density at radius 1 is 0.558 bits per heavy atom. The predicted molar refractivity (Wildman–Crippen MR) is 194 cm³/mol. The normalized spacial score (nSPS) is 44.9. The molecular formula is C44H62O8. The van der Waals surface area contributed by atoms with Gasteiger partial charge in [0.05, 0.1) is 25.0 Å². The molecule has 0 heterocycles. The first-order chi connectivity index (χ1) is 24.8. The minimum absolute atomic E-state index is 0.0411. The van der Waals surface area contributed by atoms with Crippen molar-refractivity contribution in [2.24, 2.45) is 57.2 Å². The average Bonchev–Trinajstić information content (AvgIpc) is 3.64. The van der Waals surface area contributed by atoms with E-state index in [1.165, 1.54) is 11.1 Å². The number of esters is 2. The molecule has 8 nitrogen and oxygen atoms in total. The zero-order valence-electron chi connectivity index (χ0n) is 32.2. The molecule has 286 valence electrons. The highest BCUT2D eigenvalue weighted by Gasteiger charge is 2.61. The first-order valence-corrected chi connectivity index (χ1v) is 20.9. The standard InChI is InChI=1S/C44H62O8/c1-41-19-15-29(45)23-27(41)5-7-31-33-9-11-37(43(33,3)21-17-35(31)41)49-25-51-39(47)13-14-40(48)52-26-50-38-12-10-34-32-8-6-28-24-30(46)16-20-42(28,2)36(32)18-22-44(34,38)4/h23-24,31-38H,5-22,25-26H2,1-4H3/t31-,32-,33-,34-,35-,36-,37-,38-,41-,42-,43-,44-/m0/s1. The Bertz CT molecular complexity index is 1420. The Kier molecular flexibility index (Phi) is 9.70. The van der Waals surface area contributed by atoms with Gasteiger partial charge in [-0.3, -0.25) is 19.2 Å². The third kappa shape index (κ3) is 6.08. The largest absolute Gasteiger partial charge is 0.438 e. The average molecular weight is 719 g/mol. The lowest BCUT2D eigenvalue weighted by Gasteiger charge is -2.58. The number of hydrogen-bond acceptors (Lipinski definition) is 8. The van der Waals surface area contributed by atoms with E-state index in [0.717, 1.165) is 89.9 Å². The van der Waals surface area contributed by atoms with E-state index in [2.05, 4.69) is 27.7 Å². The molecule has 0 spiro atoms. The van der Waals surface area contributed by atoms with E-state index >= 15 is 0 Å². The summed E-state index contributed by atoms with van der Waals surface area (Å²) in [5.74, 6) is 3.49. The first kappa shape index (κ1) is 36.6. The van der Waals surface area contributed by atoms with Crippen molar-refractivity contribution < 1.29 is 38.1 Å². The molecule has 6 saturated carbocycles. The SMILES string of the molecule is C[C@]12CC[C@H]3[C@@H](CCC4=CC(=O)CC[C@@]43C)[C@@H]1CC[C@@H]2OCOC(=O)CCC(=O)OCO[C@H]1CC[C@H]2[C@@H]3CCC4=CC(=O)CC[C@]4(C)[C@H]3CC[C@]12C. The van der Waals surface area contributed by atoms with Crippen LogP contribution in [0.25, 0.3) is 0 Å². The summed E-state index contributed by atoms with van der Waals surface area (Å²) in [6, 6.07) is 0. The molecule has 0 aliphatic heterocycles. The van der Waals surface area contributed by atoms with Crippen LogP contribution in [0.5, 0.6) is 0 Å². The number of ketones is 2. The number of carbonyl (C=O) groups is 4. The van der Waals surface area contributed by atoms with E-state index in [9.17, 15) is 19.2 Å². The maximum atomic E-state index is 12.6. The quantitative estimate of drug-likeness (QED) is 0.173. The second-order valence-corrected chi connectivity index (χ2v) is 19.3. The molecule has 0 amide bonds. The van der Waals surface area contributed by atoms with Gasteiger partial charge in [-0.2, -0.15) is 0 Å². The highest BCUT2D eigenvalue weighted by Crippen LogP contribution is 2.67. The minimum Gasteiger partial charge on any atom is -0.438 e. The van der Waals surface area contributed by atoms with E-state index in [1.807, 2.05) is 12.2 Å². The molecule has 0 unspecified atom stereocenters. The molecule has 6 fully saturated rings. The monoisotopic (exact) mass is 718 g/mol. The van der Waals surface area contributed by atoms with Crippen LogP contribution in [-0.2, 0) is 38.1 Å². The van der Waals surface area contributed by atoms with Crippen LogP contribution in [0.1, 0.15) is 143 Å². The van der Waals surface area contributed by atoms with E-state index in [1.54, 1.807) is 0 Å². The molecule has 0 bridgehead atoms. The molecule has 8 rings (SSSR count). The molecule has 0 saturated heterocycles. The Hall–Kier alpha value is -2.32. The van der Waals surface area contributed by atoms with Gasteiger partial charge in [0, 0.05) is 12.8 Å². The van der Waals surface area contributed by atoms with Crippen LogP contribution >= 0.6 is 0 Å². The molecule has 8 aliphatic carbocycles. The van der Waals surface area contributed by atoms with Gasteiger partial charge in [-0.15, -0.1) is 0 Å². The summed E-state index contributed by atoms with van der Waals surface area (Å²) in [7, 11) is 0. The molecular weight excluding hydrogens is 656 g/mol. The van der Waals surface area contributed by atoms with E-state index in [4.69, 9.17) is 18.9 Å². The Labute approximate surface area is 310 Å². The fourth-order valence-electron chi connectivity index (χ4n) is 14.3. The minimum atomic E-state index is -0.447. The summed E-state index contributed by atoms with van der Waals surface area (Å²) in [5, 5.41) is 0. The van der Waals surface area contributed by atoms with Crippen molar-refractivity contribution in [2.45, 2.75) is 155 Å². The molecule has 12 atom stereocenters. The molecule has 0 aromatic heterocycles. The van der Waals surface area contributed by atoms with Gasteiger partial charge in [0.15, 0.2) is 25.2 Å². The number of ether oxygens (including phenoxy) is 4. The Balaban J connectivity index is 0.751. The van der Waals surface area contributed by atoms with Gasteiger partial charge in [-0.05, 0) is 159 Å². The molecule has 0 radical (unpaired) electrons. The number of fused-ring (bicyclic) bond motifs is 10. The summed E-state index contributed by atoms with van der Waals surface area (Å²) < 4.78 is 23.5. The molecule has 8 aliphatic rings. The van der Waals surface area contributed by atoms with Crippen LogP contribution in [0.15, 0.2) is 23.3 Å². The van der Waals surface area contributed by atoms with E-state index in [-0.39, 0.29) is 60.3 Å². The molecule has 0 aromatic rings. The summed E-state index contributed by atoms with van der Waals surface area (Å²) in [5.41, 5.74) is 3.25. The van der Waals surface area contributed by atoms with Crippen LogP contribution in [0.3, 0.4) is 0 Å². The maximum Gasteiger partial charge on any atom is 0.308 e. The lowest BCUT2D eigenvalue weighted by atomic mass is 9.47. The zero-order chi connectivity index (χ0) is 36.5. The molecule has 8 heteroatoms. The van der Waals surface area contributed by atoms with Crippen LogP contribution in [-0.4, -0.2) is 49.3 Å². The molecule has 52 heavy (non-hydrogen) atoms. The van der Waals surface area contributed by atoms with Gasteiger partial charge < -0.3 is 18.9 Å². The van der Waals surface area contributed by atoms with Gasteiger partial charge in [0.25, 0.3) is 0 Å². The van der Waals surface area contributed by atoms with Crippen molar-refractivity contribution in [3.8, 4) is 0 Å². The third-order valence-electron chi connectivity index (χ3n) is 17.3. The maximum absolute atomic E-state index is 12.6. The van der Waals surface area contributed by atoms with Crippen molar-refractivity contribution in [3.05, 3.63) is 23.3 Å². The Morgan fingerprint density at radius 3 is 1.40 bits per heavy atom.